The minimum Gasteiger partial charge on any atom is -0.389 e. The predicted molar refractivity (Wildman–Crippen MR) is 83.1 cm³/mol. The van der Waals surface area contributed by atoms with Gasteiger partial charge >= 0.3 is 0 Å². The Morgan fingerprint density at radius 3 is 2.85 bits per heavy atom. The first-order valence-electron chi connectivity index (χ1n) is 7.31. The maximum absolute atomic E-state index is 13.4. The van der Waals surface area contributed by atoms with Crippen molar-refractivity contribution >= 4 is 17.2 Å². The first kappa shape index (κ1) is 15.4. The Hall–Kier alpha value is -1.00. The highest BCUT2D eigenvalue weighted by molar-refractivity contribution is 7.80. The molecular formula is C16H22FNOS. The third kappa shape index (κ3) is 3.76. The molecule has 2 N–H and O–H groups in total. The predicted octanol–water partition coefficient (Wildman–Crippen LogP) is 3.95. The van der Waals surface area contributed by atoms with Gasteiger partial charge in [0.2, 0.25) is 0 Å². The van der Waals surface area contributed by atoms with E-state index in [1.165, 1.54) is 31.4 Å². The molecule has 0 radical (unpaired) electrons. The second kappa shape index (κ2) is 7.14. The molecule has 0 heterocycles. The normalized spacial score (nSPS) is 22.7. The van der Waals surface area contributed by atoms with Crippen molar-refractivity contribution in [2.45, 2.75) is 51.7 Å². The van der Waals surface area contributed by atoms with Crippen molar-refractivity contribution < 1.29 is 9.13 Å². The van der Waals surface area contributed by atoms with E-state index in [-0.39, 0.29) is 11.9 Å². The molecule has 2 nitrogen and oxygen atoms in total. The van der Waals surface area contributed by atoms with E-state index >= 15 is 0 Å². The average Bonchev–Trinajstić information content (AvgIpc) is 2.45. The molecule has 0 aromatic heterocycles. The summed E-state index contributed by atoms with van der Waals surface area (Å²) < 4.78 is 19.4. The number of hydrogen-bond donors (Lipinski definition) is 1. The summed E-state index contributed by atoms with van der Waals surface area (Å²) in [6.45, 7) is 2.58. The van der Waals surface area contributed by atoms with E-state index in [4.69, 9.17) is 22.7 Å². The summed E-state index contributed by atoms with van der Waals surface area (Å²) >= 11 is 5.01. The Balaban J connectivity index is 2.06. The smallest absolute Gasteiger partial charge is 0.123 e. The van der Waals surface area contributed by atoms with Gasteiger partial charge in [0.05, 0.1) is 12.7 Å². The lowest BCUT2D eigenvalue weighted by Crippen LogP contribution is -2.27. The maximum Gasteiger partial charge on any atom is 0.123 e. The fraction of sp³-hybridized carbons (Fsp3) is 0.562. The fourth-order valence-corrected chi connectivity index (χ4v) is 3.18. The summed E-state index contributed by atoms with van der Waals surface area (Å²) in [6, 6.07) is 4.49. The van der Waals surface area contributed by atoms with Crippen molar-refractivity contribution in [2.75, 3.05) is 0 Å². The van der Waals surface area contributed by atoms with E-state index in [0.29, 0.717) is 23.1 Å². The van der Waals surface area contributed by atoms with Gasteiger partial charge in [0, 0.05) is 5.56 Å². The summed E-state index contributed by atoms with van der Waals surface area (Å²) in [7, 11) is 0. The molecule has 0 saturated heterocycles. The Morgan fingerprint density at radius 1 is 1.40 bits per heavy atom. The molecule has 110 valence electrons. The van der Waals surface area contributed by atoms with Crippen LogP contribution in [0.15, 0.2) is 18.2 Å². The highest BCUT2D eigenvalue weighted by Crippen LogP contribution is 2.30. The topological polar surface area (TPSA) is 35.2 Å². The summed E-state index contributed by atoms with van der Waals surface area (Å²) in [5.74, 6) is 0.338. The van der Waals surface area contributed by atoms with E-state index in [1.54, 1.807) is 6.07 Å². The van der Waals surface area contributed by atoms with Crippen LogP contribution in [0, 0.1) is 11.7 Å². The number of ether oxygens (including phenoxy) is 1. The molecule has 0 amide bonds. The van der Waals surface area contributed by atoms with Gasteiger partial charge in [0.1, 0.15) is 10.8 Å². The zero-order valence-corrected chi connectivity index (χ0v) is 12.7. The lowest BCUT2D eigenvalue weighted by molar-refractivity contribution is -0.0223. The van der Waals surface area contributed by atoms with Gasteiger partial charge < -0.3 is 10.5 Å². The van der Waals surface area contributed by atoms with E-state index in [0.717, 1.165) is 18.4 Å². The molecule has 1 fully saturated rings. The Labute approximate surface area is 125 Å². The second-order valence-electron chi connectivity index (χ2n) is 5.47. The van der Waals surface area contributed by atoms with Gasteiger partial charge in [-0.2, -0.15) is 0 Å². The number of rotatable bonds is 5. The van der Waals surface area contributed by atoms with Crippen LogP contribution in [0.1, 0.15) is 50.2 Å². The molecule has 0 bridgehead atoms. The molecule has 2 unspecified atom stereocenters. The van der Waals surface area contributed by atoms with Crippen molar-refractivity contribution in [1.29, 1.82) is 0 Å². The lowest BCUT2D eigenvalue weighted by atomic mass is 9.85. The summed E-state index contributed by atoms with van der Waals surface area (Å²) in [5.41, 5.74) is 7.14. The quantitative estimate of drug-likeness (QED) is 0.836. The number of halogens is 1. The van der Waals surface area contributed by atoms with Crippen molar-refractivity contribution in [3.05, 3.63) is 35.1 Å². The Bertz CT molecular complexity index is 478. The molecule has 0 aliphatic heterocycles. The number of benzene rings is 1. The third-order valence-electron chi connectivity index (χ3n) is 4.15. The van der Waals surface area contributed by atoms with Crippen LogP contribution in [0.2, 0.25) is 0 Å². The molecule has 1 saturated carbocycles. The zero-order chi connectivity index (χ0) is 14.5. The summed E-state index contributed by atoms with van der Waals surface area (Å²) in [6.07, 6.45) is 6.23. The van der Waals surface area contributed by atoms with Crippen LogP contribution in [0.5, 0.6) is 0 Å². The SMILES string of the molecule is CCC1CCCCC1OCc1cc(F)ccc1C(N)=S. The van der Waals surface area contributed by atoms with Gasteiger partial charge in [0.25, 0.3) is 0 Å². The van der Waals surface area contributed by atoms with Crippen LogP contribution in [-0.4, -0.2) is 11.1 Å². The highest BCUT2D eigenvalue weighted by atomic mass is 32.1. The van der Waals surface area contributed by atoms with Gasteiger partial charge in [-0.1, -0.05) is 38.4 Å². The molecule has 2 atom stereocenters. The summed E-state index contributed by atoms with van der Waals surface area (Å²) in [5, 5.41) is 0. The van der Waals surface area contributed by atoms with Gasteiger partial charge in [-0.3, -0.25) is 0 Å². The van der Waals surface area contributed by atoms with Crippen LogP contribution in [0.25, 0.3) is 0 Å². The van der Waals surface area contributed by atoms with Crippen LogP contribution in [0.4, 0.5) is 4.39 Å². The highest BCUT2D eigenvalue weighted by Gasteiger charge is 2.24. The minimum absolute atomic E-state index is 0.274. The molecule has 1 aliphatic carbocycles. The van der Waals surface area contributed by atoms with Crippen LogP contribution >= 0.6 is 12.2 Å². The van der Waals surface area contributed by atoms with Gasteiger partial charge in [-0.05, 0) is 42.5 Å². The van der Waals surface area contributed by atoms with Crippen LogP contribution < -0.4 is 5.73 Å². The van der Waals surface area contributed by atoms with E-state index < -0.39 is 0 Å². The first-order chi connectivity index (χ1) is 9.61. The van der Waals surface area contributed by atoms with Gasteiger partial charge in [-0.25, -0.2) is 4.39 Å². The van der Waals surface area contributed by atoms with Crippen molar-refractivity contribution in [3.63, 3.8) is 0 Å². The Kier molecular flexibility index (Phi) is 5.49. The minimum atomic E-state index is -0.278. The van der Waals surface area contributed by atoms with Crippen LogP contribution in [0.3, 0.4) is 0 Å². The molecule has 2 rings (SSSR count). The van der Waals surface area contributed by atoms with Gasteiger partial charge in [0.15, 0.2) is 0 Å². The van der Waals surface area contributed by atoms with Gasteiger partial charge in [-0.15, -0.1) is 0 Å². The molecule has 1 aromatic carbocycles. The number of nitrogens with two attached hydrogens (primary N) is 1. The number of thiocarbonyl (C=S) groups is 1. The third-order valence-corrected chi connectivity index (χ3v) is 4.37. The van der Waals surface area contributed by atoms with E-state index in [1.807, 2.05) is 0 Å². The Morgan fingerprint density at radius 2 is 2.15 bits per heavy atom. The molecule has 20 heavy (non-hydrogen) atoms. The summed E-state index contributed by atoms with van der Waals surface area (Å²) in [4.78, 5) is 0.291. The van der Waals surface area contributed by atoms with Crippen molar-refractivity contribution in [2.24, 2.45) is 11.7 Å². The largest absolute Gasteiger partial charge is 0.389 e. The first-order valence-corrected chi connectivity index (χ1v) is 7.72. The van der Waals surface area contributed by atoms with Crippen LogP contribution in [-0.2, 0) is 11.3 Å². The molecular weight excluding hydrogens is 273 g/mol. The van der Waals surface area contributed by atoms with Crippen molar-refractivity contribution in [3.8, 4) is 0 Å². The monoisotopic (exact) mass is 295 g/mol. The standard InChI is InChI=1S/C16H22FNOS/c1-2-11-5-3-4-6-15(11)19-10-12-9-13(17)7-8-14(12)16(18)20/h7-9,11,15H,2-6,10H2,1H3,(H2,18,20). The molecule has 1 aromatic rings. The van der Waals surface area contributed by atoms with E-state index in [9.17, 15) is 4.39 Å². The zero-order valence-electron chi connectivity index (χ0n) is 11.9. The molecule has 4 heteroatoms. The molecule has 1 aliphatic rings. The fourth-order valence-electron chi connectivity index (χ4n) is 2.98. The maximum atomic E-state index is 13.4. The van der Waals surface area contributed by atoms with E-state index in [2.05, 4.69) is 6.92 Å². The lowest BCUT2D eigenvalue weighted by Gasteiger charge is -2.31. The van der Waals surface area contributed by atoms with Crippen molar-refractivity contribution in [1.82, 2.24) is 0 Å². The number of hydrogen-bond acceptors (Lipinski definition) is 2. The molecule has 0 spiro atoms. The average molecular weight is 295 g/mol. The second-order valence-corrected chi connectivity index (χ2v) is 5.91.